The highest BCUT2D eigenvalue weighted by Gasteiger charge is 2.43. The van der Waals surface area contributed by atoms with Crippen LogP contribution in [0.3, 0.4) is 0 Å². The van der Waals surface area contributed by atoms with Crippen LogP contribution in [-0.2, 0) is 9.47 Å². The third-order valence-corrected chi connectivity index (χ3v) is 5.85. The standard InChI is InChI=1S/C18H27N3O4S/c1-6-24-15(22)14-11(2)19-16(26-14)20-7-12-9-21(10-13(12)8-20)17(23)25-18(3,4)5/h12-13H,6-10H2,1-5H3. The summed E-state index contributed by atoms with van der Waals surface area (Å²) >= 11 is 1.39. The molecule has 2 saturated heterocycles. The van der Waals surface area contributed by atoms with Gasteiger partial charge in [0.2, 0.25) is 0 Å². The van der Waals surface area contributed by atoms with Crippen LogP contribution in [0.4, 0.5) is 9.93 Å². The van der Waals surface area contributed by atoms with Gasteiger partial charge in [-0.2, -0.15) is 0 Å². The highest BCUT2D eigenvalue weighted by Crippen LogP contribution is 2.37. The number of fused-ring (bicyclic) bond motifs is 1. The normalized spacial score (nSPS) is 22.5. The number of aryl methyl sites for hydroxylation is 1. The van der Waals surface area contributed by atoms with E-state index in [1.165, 1.54) is 11.3 Å². The highest BCUT2D eigenvalue weighted by atomic mass is 32.1. The first-order chi connectivity index (χ1) is 12.2. The van der Waals surface area contributed by atoms with Crippen molar-refractivity contribution in [2.45, 2.75) is 40.2 Å². The molecule has 3 heterocycles. The maximum Gasteiger partial charge on any atom is 0.410 e. The van der Waals surface area contributed by atoms with Crippen molar-refractivity contribution in [1.82, 2.24) is 9.88 Å². The Kier molecular flexibility index (Phi) is 5.14. The smallest absolute Gasteiger partial charge is 0.410 e. The Labute approximate surface area is 158 Å². The summed E-state index contributed by atoms with van der Waals surface area (Å²) in [6.07, 6.45) is -0.229. The number of rotatable bonds is 3. The van der Waals surface area contributed by atoms with E-state index >= 15 is 0 Å². The van der Waals surface area contributed by atoms with E-state index in [9.17, 15) is 9.59 Å². The molecule has 0 bridgehead atoms. The molecule has 0 saturated carbocycles. The quantitative estimate of drug-likeness (QED) is 0.750. The number of thiazole rings is 1. The van der Waals surface area contributed by atoms with Crippen LogP contribution in [0.15, 0.2) is 0 Å². The van der Waals surface area contributed by atoms with E-state index in [4.69, 9.17) is 9.47 Å². The number of likely N-dealkylation sites (tertiary alicyclic amines) is 1. The monoisotopic (exact) mass is 381 g/mol. The molecule has 1 amide bonds. The number of amides is 1. The fourth-order valence-electron chi connectivity index (χ4n) is 3.53. The number of carbonyl (C=O) groups is 2. The van der Waals surface area contributed by atoms with Gasteiger partial charge >= 0.3 is 12.1 Å². The molecule has 0 N–H and O–H groups in total. The Morgan fingerprint density at radius 3 is 2.35 bits per heavy atom. The molecule has 2 aliphatic rings. The number of aromatic nitrogens is 1. The molecule has 0 radical (unpaired) electrons. The molecule has 0 aliphatic carbocycles. The van der Waals surface area contributed by atoms with E-state index in [2.05, 4.69) is 9.88 Å². The van der Waals surface area contributed by atoms with E-state index in [1.54, 1.807) is 6.92 Å². The highest BCUT2D eigenvalue weighted by molar-refractivity contribution is 7.17. The van der Waals surface area contributed by atoms with Crippen molar-refractivity contribution in [1.29, 1.82) is 0 Å². The fourth-order valence-corrected chi connectivity index (χ4v) is 4.51. The molecular weight excluding hydrogens is 354 g/mol. The Bertz CT molecular complexity index is 683. The third-order valence-electron chi connectivity index (χ3n) is 4.65. The minimum absolute atomic E-state index is 0.229. The second-order valence-corrected chi connectivity index (χ2v) is 8.92. The van der Waals surface area contributed by atoms with E-state index < -0.39 is 5.60 Å². The van der Waals surface area contributed by atoms with Gasteiger partial charge < -0.3 is 19.3 Å². The molecule has 26 heavy (non-hydrogen) atoms. The van der Waals surface area contributed by atoms with Gasteiger partial charge in [-0.1, -0.05) is 11.3 Å². The first-order valence-corrected chi connectivity index (χ1v) is 9.87. The molecule has 1 aromatic rings. The summed E-state index contributed by atoms with van der Waals surface area (Å²) in [6.45, 7) is 12.8. The van der Waals surface area contributed by atoms with E-state index in [-0.39, 0.29) is 12.1 Å². The Morgan fingerprint density at radius 2 is 1.81 bits per heavy atom. The number of hydrogen-bond donors (Lipinski definition) is 0. The van der Waals surface area contributed by atoms with E-state index in [0.29, 0.717) is 36.4 Å². The molecule has 2 atom stereocenters. The summed E-state index contributed by atoms with van der Waals surface area (Å²) in [5.41, 5.74) is 0.249. The lowest BCUT2D eigenvalue weighted by Gasteiger charge is -2.26. The van der Waals surface area contributed by atoms with Crippen LogP contribution in [0.2, 0.25) is 0 Å². The van der Waals surface area contributed by atoms with Gasteiger partial charge in [0.1, 0.15) is 10.5 Å². The van der Waals surface area contributed by atoms with Crippen LogP contribution in [0.5, 0.6) is 0 Å². The van der Waals surface area contributed by atoms with Crippen molar-refractivity contribution in [2.75, 3.05) is 37.7 Å². The largest absolute Gasteiger partial charge is 0.462 e. The first-order valence-electron chi connectivity index (χ1n) is 9.05. The number of anilines is 1. The van der Waals surface area contributed by atoms with Crippen LogP contribution >= 0.6 is 11.3 Å². The molecule has 1 aromatic heterocycles. The first kappa shape index (κ1) is 18.9. The number of carbonyl (C=O) groups excluding carboxylic acids is 2. The maximum absolute atomic E-state index is 12.3. The molecule has 2 aliphatic heterocycles. The van der Waals surface area contributed by atoms with Crippen LogP contribution in [-0.4, -0.2) is 60.3 Å². The van der Waals surface area contributed by atoms with Gasteiger partial charge in [-0.05, 0) is 34.6 Å². The van der Waals surface area contributed by atoms with Crippen molar-refractivity contribution in [3.05, 3.63) is 10.6 Å². The topological polar surface area (TPSA) is 72.0 Å². The lowest BCUT2D eigenvalue weighted by atomic mass is 10.0. The van der Waals surface area contributed by atoms with E-state index in [1.807, 2.05) is 32.6 Å². The average Bonchev–Trinajstić information content (AvgIpc) is 3.17. The SMILES string of the molecule is CCOC(=O)c1sc(N2CC3CN(C(=O)OC(C)(C)C)CC3C2)nc1C. The molecular formula is C18H27N3O4S. The second-order valence-electron chi connectivity index (χ2n) is 7.94. The lowest BCUT2D eigenvalue weighted by Crippen LogP contribution is -2.37. The van der Waals surface area contributed by atoms with Crippen molar-refractivity contribution >= 4 is 28.5 Å². The summed E-state index contributed by atoms with van der Waals surface area (Å²) in [5, 5.41) is 0.865. The van der Waals surface area contributed by atoms with Crippen molar-refractivity contribution in [3.63, 3.8) is 0 Å². The predicted molar refractivity (Wildman–Crippen MR) is 99.8 cm³/mol. The minimum atomic E-state index is -0.470. The maximum atomic E-state index is 12.3. The summed E-state index contributed by atoms with van der Waals surface area (Å²) in [4.78, 5) is 33.4. The van der Waals surface area contributed by atoms with Crippen LogP contribution in [0.1, 0.15) is 43.1 Å². The molecule has 144 valence electrons. The zero-order valence-electron chi connectivity index (χ0n) is 16.1. The fraction of sp³-hybridized carbons (Fsp3) is 0.722. The van der Waals surface area contributed by atoms with Gasteiger partial charge in [-0.3, -0.25) is 0 Å². The van der Waals surface area contributed by atoms with Gasteiger partial charge in [-0.25, -0.2) is 14.6 Å². The van der Waals surface area contributed by atoms with Crippen molar-refractivity contribution in [3.8, 4) is 0 Å². The van der Waals surface area contributed by atoms with E-state index in [0.717, 1.165) is 23.9 Å². The summed E-state index contributed by atoms with van der Waals surface area (Å²) in [5.74, 6) is 0.528. The zero-order chi connectivity index (χ0) is 19.1. The van der Waals surface area contributed by atoms with Crippen molar-refractivity contribution < 1.29 is 19.1 Å². The van der Waals surface area contributed by atoms with Gasteiger partial charge in [-0.15, -0.1) is 0 Å². The molecule has 0 spiro atoms. The van der Waals surface area contributed by atoms with Gasteiger partial charge in [0, 0.05) is 38.0 Å². The van der Waals surface area contributed by atoms with Crippen LogP contribution in [0.25, 0.3) is 0 Å². The van der Waals surface area contributed by atoms with Gasteiger partial charge in [0.05, 0.1) is 12.3 Å². The Morgan fingerprint density at radius 1 is 1.19 bits per heavy atom. The second kappa shape index (κ2) is 7.06. The summed E-state index contributed by atoms with van der Waals surface area (Å²) in [7, 11) is 0. The molecule has 2 unspecified atom stereocenters. The number of hydrogen-bond acceptors (Lipinski definition) is 7. The minimum Gasteiger partial charge on any atom is -0.462 e. The number of esters is 1. The van der Waals surface area contributed by atoms with Gasteiger partial charge in [0.15, 0.2) is 5.13 Å². The molecule has 0 aromatic carbocycles. The third kappa shape index (κ3) is 3.95. The Balaban J connectivity index is 1.61. The summed E-state index contributed by atoms with van der Waals surface area (Å²) < 4.78 is 10.6. The van der Waals surface area contributed by atoms with Gasteiger partial charge in [0.25, 0.3) is 0 Å². The molecule has 8 heteroatoms. The number of nitrogens with zero attached hydrogens (tertiary/aromatic N) is 3. The molecule has 7 nitrogen and oxygen atoms in total. The predicted octanol–water partition coefficient (Wildman–Crippen LogP) is 2.93. The van der Waals surface area contributed by atoms with Crippen LogP contribution < -0.4 is 4.90 Å². The lowest BCUT2D eigenvalue weighted by molar-refractivity contribution is 0.0282. The summed E-state index contributed by atoms with van der Waals surface area (Å²) in [6, 6.07) is 0. The Hall–Kier alpha value is -1.83. The zero-order valence-corrected chi connectivity index (χ0v) is 16.9. The van der Waals surface area contributed by atoms with Crippen molar-refractivity contribution in [2.24, 2.45) is 11.8 Å². The molecule has 3 rings (SSSR count). The average molecular weight is 381 g/mol. The molecule has 2 fully saturated rings. The number of ether oxygens (including phenoxy) is 2. The van der Waals surface area contributed by atoms with Crippen LogP contribution in [0, 0.1) is 18.8 Å².